The smallest absolute Gasteiger partial charge is 0.411 e. The first kappa shape index (κ1) is 30.7. The zero-order valence-corrected chi connectivity index (χ0v) is 23.9. The number of alkyl halides is 6. The summed E-state index contributed by atoms with van der Waals surface area (Å²) in [6, 6.07) is 7.73. The van der Waals surface area contributed by atoms with Crippen molar-refractivity contribution < 1.29 is 45.4 Å². The third kappa shape index (κ3) is 5.58. The molecule has 0 fully saturated rings. The number of hydrogen-bond donors (Lipinski definition) is 0. The predicted molar refractivity (Wildman–Crippen MR) is 138 cm³/mol. The molecule has 0 aliphatic heterocycles. The molecule has 0 spiro atoms. The lowest BCUT2D eigenvalue weighted by Gasteiger charge is -2.38. The number of esters is 2. The maximum Gasteiger partial charge on any atom is 0.411 e. The maximum absolute atomic E-state index is 14.5. The molecule has 0 saturated heterocycles. The van der Waals surface area contributed by atoms with Crippen molar-refractivity contribution in [1.82, 2.24) is 0 Å². The van der Waals surface area contributed by atoms with Gasteiger partial charge in [0.05, 0.1) is 18.2 Å². The lowest BCUT2D eigenvalue weighted by Crippen LogP contribution is -2.54. The molecule has 0 aliphatic rings. The third-order valence-corrected chi connectivity index (χ3v) is 7.60. The average molecular weight is 682 g/mol. The first-order valence-corrected chi connectivity index (χ1v) is 12.7. The zero-order chi connectivity index (χ0) is 29.5. The normalized spacial score (nSPS) is 12.3. The number of hydrogen-bond acceptors (Lipinski definition) is 4. The molecule has 0 heterocycles. The summed E-state index contributed by atoms with van der Waals surface area (Å²) in [6.07, 6.45) is -11.5. The van der Waals surface area contributed by atoms with Crippen LogP contribution < -0.4 is 4.74 Å². The molecule has 0 aromatic heterocycles. The van der Waals surface area contributed by atoms with Crippen LogP contribution in [0.15, 0.2) is 57.5 Å². The summed E-state index contributed by atoms with van der Waals surface area (Å²) in [6.45, 7) is 4.24. The molecule has 3 aromatic carbocycles. The van der Waals surface area contributed by atoms with Crippen LogP contribution in [0, 0.1) is 20.8 Å². The van der Waals surface area contributed by atoms with E-state index in [4.69, 9.17) is 4.74 Å². The first-order valence-electron chi connectivity index (χ1n) is 11.1. The quantitative estimate of drug-likeness (QED) is 0.154. The topological polar surface area (TPSA) is 52.6 Å². The van der Waals surface area contributed by atoms with Crippen molar-refractivity contribution in [1.29, 1.82) is 0 Å². The van der Waals surface area contributed by atoms with Crippen LogP contribution in [0.5, 0.6) is 5.75 Å². The maximum atomic E-state index is 14.5. The minimum absolute atomic E-state index is 0.0620. The lowest BCUT2D eigenvalue weighted by molar-refractivity contribution is -0.288. The van der Waals surface area contributed by atoms with E-state index >= 15 is 0 Å². The molecule has 3 rings (SSSR count). The van der Waals surface area contributed by atoms with Gasteiger partial charge in [0.15, 0.2) is 0 Å². The monoisotopic (exact) mass is 680 g/mol. The number of rotatable bonds is 5. The number of carbonyl (C=O) groups is 2. The van der Waals surface area contributed by atoms with Crippen LogP contribution in [0.1, 0.15) is 48.5 Å². The fraction of sp³-hybridized carbons (Fsp3) is 0.259. The van der Waals surface area contributed by atoms with Crippen molar-refractivity contribution in [2.24, 2.45) is 0 Å². The number of carbonyl (C=O) groups excluding carboxylic acids is 2. The van der Waals surface area contributed by atoms with Crippen molar-refractivity contribution in [3.8, 4) is 5.75 Å². The van der Waals surface area contributed by atoms with E-state index < -0.39 is 40.8 Å². The number of ether oxygens (including phenoxy) is 2. The summed E-state index contributed by atoms with van der Waals surface area (Å²) < 4.78 is 97.2. The van der Waals surface area contributed by atoms with E-state index in [-0.39, 0.29) is 36.9 Å². The van der Waals surface area contributed by atoms with Gasteiger partial charge in [0.2, 0.25) is 5.41 Å². The van der Waals surface area contributed by atoms with Crippen LogP contribution in [0.3, 0.4) is 0 Å². The highest BCUT2D eigenvalue weighted by Gasteiger charge is 2.72. The molecule has 0 radical (unpaired) electrons. The van der Waals surface area contributed by atoms with E-state index in [1.165, 1.54) is 39.2 Å². The average Bonchev–Trinajstić information content (AvgIpc) is 2.82. The van der Waals surface area contributed by atoms with E-state index in [1.807, 2.05) is 0 Å². The molecular weight excluding hydrogens is 662 g/mol. The van der Waals surface area contributed by atoms with E-state index in [0.29, 0.717) is 17.7 Å². The molecule has 208 valence electrons. The van der Waals surface area contributed by atoms with Crippen molar-refractivity contribution in [3.63, 3.8) is 0 Å². The van der Waals surface area contributed by atoms with Gasteiger partial charge in [-0.2, -0.15) is 26.3 Å². The Kier molecular flexibility index (Phi) is 8.62. The molecule has 3 aromatic rings. The fourth-order valence-corrected chi connectivity index (χ4v) is 5.09. The number of aryl methyl sites for hydroxylation is 3. The van der Waals surface area contributed by atoms with Gasteiger partial charge in [0.1, 0.15) is 5.75 Å². The minimum atomic E-state index is -5.75. The Bertz CT molecular complexity index is 1430. The Hall–Kier alpha value is -2.86. The van der Waals surface area contributed by atoms with E-state index in [2.05, 4.69) is 36.6 Å². The second-order valence-corrected chi connectivity index (χ2v) is 10.4. The minimum Gasteiger partial charge on any atom is -0.465 e. The Labute approximate surface area is 236 Å². The molecule has 0 aliphatic carbocycles. The molecule has 4 nitrogen and oxygen atoms in total. The van der Waals surface area contributed by atoms with Gasteiger partial charge < -0.3 is 9.47 Å². The molecule has 0 saturated carbocycles. The Morgan fingerprint density at radius 1 is 0.667 bits per heavy atom. The second kappa shape index (κ2) is 11.0. The van der Waals surface area contributed by atoms with E-state index in [9.17, 15) is 35.9 Å². The van der Waals surface area contributed by atoms with Gasteiger partial charge in [-0.1, -0.05) is 30.3 Å². The number of halogens is 8. The molecule has 0 bridgehead atoms. The summed E-state index contributed by atoms with van der Waals surface area (Å²) in [5.74, 6) is -1.90. The summed E-state index contributed by atoms with van der Waals surface area (Å²) in [5.41, 5.74) is -5.68. The molecule has 0 unspecified atom stereocenters. The van der Waals surface area contributed by atoms with Crippen molar-refractivity contribution >= 4 is 43.8 Å². The SMILES string of the molecule is COC(=O)c1cc(Br)c(C(=O)Oc2ccc(C(c3ccc(C)c(C)c3)(C(F)(F)F)C(F)(F)F)cc2C)cc1Br. The Balaban J connectivity index is 2.10. The van der Waals surface area contributed by atoms with Crippen LogP contribution in [0.25, 0.3) is 0 Å². The molecule has 0 amide bonds. The molecule has 0 atom stereocenters. The van der Waals surface area contributed by atoms with Gasteiger partial charge in [-0.15, -0.1) is 0 Å². The highest BCUT2D eigenvalue weighted by molar-refractivity contribution is 9.11. The zero-order valence-electron chi connectivity index (χ0n) is 20.8. The van der Waals surface area contributed by atoms with Crippen LogP contribution in [-0.2, 0) is 10.2 Å². The number of benzene rings is 3. The van der Waals surface area contributed by atoms with Gasteiger partial charge in [-0.3, -0.25) is 0 Å². The molecule has 12 heteroatoms. The molecular formula is C27H20Br2F6O4. The molecule has 39 heavy (non-hydrogen) atoms. The summed E-state index contributed by atoms with van der Waals surface area (Å²) in [7, 11) is 1.17. The van der Waals surface area contributed by atoms with Crippen LogP contribution in [-0.4, -0.2) is 31.4 Å². The van der Waals surface area contributed by atoms with Gasteiger partial charge in [-0.25, -0.2) is 9.59 Å². The van der Waals surface area contributed by atoms with Gasteiger partial charge in [0, 0.05) is 8.95 Å². The van der Waals surface area contributed by atoms with Gasteiger partial charge in [0.25, 0.3) is 0 Å². The highest BCUT2D eigenvalue weighted by atomic mass is 79.9. The summed E-state index contributed by atoms with van der Waals surface area (Å²) >= 11 is 6.30. The lowest BCUT2D eigenvalue weighted by atomic mass is 9.72. The first-order chi connectivity index (χ1) is 17.9. The van der Waals surface area contributed by atoms with Crippen molar-refractivity contribution in [3.05, 3.63) is 96.4 Å². The van der Waals surface area contributed by atoms with Gasteiger partial charge in [-0.05, 0) is 98.6 Å². The standard InChI is InChI=1S/C27H20Br2F6O4/c1-13-5-6-16(9-14(13)2)25(26(30,31)32,27(33,34)35)17-7-8-22(15(3)10-17)39-24(37)19-12-20(28)18(11-21(19)29)23(36)38-4/h5-12H,1-4H3. The predicted octanol–water partition coefficient (Wildman–Crippen LogP) is 8.55. The van der Waals surface area contributed by atoms with E-state index in [0.717, 1.165) is 18.2 Å². The Morgan fingerprint density at radius 3 is 1.56 bits per heavy atom. The summed E-state index contributed by atoms with van der Waals surface area (Å²) in [4.78, 5) is 24.7. The fourth-order valence-electron chi connectivity index (χ4n) is 4.08. The largest absolute Gasteiger partial charge is 0.465 e. The van der Waals surface area contributed by atoms with Crippen LogP contribution in [0.4, 0.5) is 26.3 Å². The second-order valence-electron chi connectivity index (χ2n) is 8.72. The highest BCUT2D eigenvalue weighted by Crippen LogP contribution is 2.56. The third-order valence-electron chi connectivity index (χ3n) is 6.28. The van der Waals surface area contributed by atoms with Gasteiger partial charge >= 0.3 is 24.3 Å². The molecule has 0 N–H and O–H groups in total. The van der Waals surface area contributed by atoms with Crippen molar-refractivity contribution in [2.75, 3.05) is 7.11 Å². The van der Waals surface area contributed by atoms with Crippen molar-refractivity contribution in [2.45, 2.75) is 38.5 Å². The van der Waals surface area contributed by atoms with Crippen LogP contribution in [0.2, 0.25) is 0 Å². The summed E-state index contributed by atoms with van der Waals surface area (Å²) in [5, 5.41) is 0. The van der Waals surface area contributed by atoms with E-state index in [1.54, 1.807) is 6.92 Å². The number of methoxy groups -OCH3 is 1. The Morgan fingerprint density at radius 2 is 1.13 bits per heavy atom. The van der Waals surface area contributed by atoms with Crippen LogP contribution >= 0.6 is 31.9 Å².